The van der Waals surface area contributed by atoms with Crippen molar-refractivity contribution in [3.63, 3.8) is 0 Å². The number of aromatic nitrogens is 1. The molecule has 0 aliphatic carbocycles. The third kappa shape index (κ3) is 2.99. The molecule has 14 heavy (non-hydrogen) atoms. The Morgan fingerprint density at radius 2 is 2.07 bits per heavy atom. The lowest BCUT2D eigenvalue weighted by atomic mass is 10.2. The van der Waals surface area contributed by atoms with Crippen molar-refractivity contribution < 1.29 is 13.2 Å². The summed E-state index contributed by atoms with van der Waals surface area (Å²) < 4.78 is 36.6. The van der Waals surface area contributed by atoms with Gasteiger partial charge < -0.3 is 5.32 Å². The molecule has 0 unspecified atom stereocenters. The molecule has 0 saturated carbocycles. The van der Waals surface area contributed by atoms with Crippen molar-refractivity contribution >= 4 is 0 Å². The molecular formula is C9H11F3N2. The summed E-state index contributed by atoms with van der Waals surface area (Å²) >= 11 is 0. The smallest absolute Gasteiger partial charge is 0.319 e. The highest BCUT2D eigenvalue weighted by atomic mass is 19.4. The zero-order chi connectivity index (χ0) is 10.6. The maximum Gasteiger partial charge on any atom is 0.433 e. The van der Waals surface area contributed by atoms with Gasteiger partial charge in [-0.05, 0) is 19.2 Å². The first-order chi connectivity index (χ1) is 6.54. The number of alkyl halides is 3. The zero-order valence-electron chi connectivity index (χ0n) is 7.73. The average molecular weight is 204 g/mol. The van der Waals surface area contributed by atoms with Gasteiger partial charge in [0.25, 0.3) is 0 Å². The molecule has 78 valence electrons. The number of nitrogens with zero attached hydrogens (tertiary/aromatic N) is 1. The van der Waals surface area contributed by atoms with E-state index < -0.39 is 11.9 Å². The molecule has 1 rings (SSSR count). The Morgan fingerprint density at radius 3 is 2.64 bits per heavy atom. The van der Waals surface area contributed by atoms with Gasteiger partial charge in [-0.1, -0.05) is 6.07 Å². The highest BCUT2D eigenvalue weighted by Crippen LogP contribution is 2.27. The summed E-state index contributed by atoms with van der Waals surface area (Å²) in [5, 5.41) is 2.85. The van der Waals surface area contributed by atoms with Gasteiger partial charge in [0.15, 0.2) is 0 Å². The van der Waals surface area contributed by atoms with E-state index in [0.29, 0.717) is 18.7 Å². The van der Waals surface area contributed by atoms with Crippen LogP contribution in [0, 0.1) is 0 Å². The lowest BCUT2D eigenvalue weighted by molar-refractivity contribution is -0.141. The second kappa shape index (κ2) is 4.41. The fourth-order valence-corrected chi connectivity index (χ4v) is 1.03. The van der Waals surface area contributed by atoms with Gasteiger partial charge in [-0.2, -0.15) is 13.2 Å². The van der Waals surface area contributed by atoms with Crippen LogP contribution >= 0.6 is 0 Å². The van der Waals surface area contributed by atoms with Crippen molar-refractivity contribution in [1.82, 2.24) is 10.3 Å². The summed E-state index contributed by atoms with van der Waals surface area (Å²) in [6.07, 6.45) is -3.85. The molecular weight excluding hydrogens is 193 g/mol. The fourth-order valence-electron chi connectivity index (χ4n) is 1.03. The van der Waals surface area contributed by atoms with Crippen LogP contribution < -0.4 is 5.32 Å². The highest BCUT2D eigenvalue weighted by molar-refractivity contribution is 5.13. The minimum Gasteiger partial charge on any atom is -0.319 e. The van der Waals surface area contributed by atoms with Gasteiger partial charge >= 0.3 is 6.18 Å². The number of hydrogen-bond acceptors (Lipinski definition) is 2. The Bertz CT molecular complexity index is 296. The maximum absolute atomic E-state index is 12.2. The van der Waals surface area contributed by atoms with Gasteiger partial charge in [-0.15, -0.1) is 0 Å². The van der Waals surface area contributed by atoms with Crippen LogP contribution in [0.25, 0.3) is 0 Å². The Hall–Kier alpha value is -1.10. The Balaban J connectivity index is 2.79. The predicted octanol–water partition coefficient (Wildman–Crippen LogP) is 1.86. The van der Waals surface area contributed by atoms with Crippen LogP contribution in [0.5, 0.6) is 0 Å². The predicted molar refractivity (Wildman–Crippen MR) is 46.9 cm³/mol. The number of likely N-dealkylation sites (N-methyl/N-ethyl adjacent to an activating group) is 1. The monoisotopic (exact) mass is 204 g/mol. The van der Waals surface area contributed by atoms with E-state index in [1.807, 2.05) is 0 Å². The second-order valence-electron chi connectivity index (χ2n) is 2.87. The molecule has 0 atom stereocenters. The van der Waals surface area contributed by atoms with Crippen LogP contribution in [0.4, 0.5) is 13.2 Å². The van der Waals surface area contributed by atoms with Crippen LogP contribution in [0.2, 0.25) is 0 Å². The molecule has 0 aliphatic rings. The van der Waals surface area contributed by atoms with Crippen molar-refractivity contribution in [1.29, 1.82) is 0 Å². The topological polar surface area (TPSA) is 24.9 Å². The van der Waals surface area contributed by atoms with Crippen molar-refractivity contribution in [3.05, 3.63) is 29.6 Å². The van der Waals surface area contributed by atoms with E-state index >= 15 is 0 Å². The molecule has 0 spiro atoms. The normalized spacial score (nSPS) is 11.7. The van der Waals surface area contributed by atoms with Gasteiger partial charge in [0.1, 0.15) is 5.69 Å². The minimum atomic E-state index is -4.35. The zero-order valence-corrected chi connectivity index (χ0v) is 7.73. The molecule has 1 aromatic rings. The molecule has 0 fully saturated rings. The Morgan fingerprint density at radius 1 is 1.36 bits per heavy atom. The second-order valence-corrected chi connectivity index (χ2v) is 2.87. The third-order valence-electron chi connectivity index (χ3n) is 1.73. The molecule has 1 N–H and O–H groups in total. The molecule has 1 aromatic heterocycles. The highest BCUT2D eigenvalue weighted by Gasteiger charge is 2.32. The Labute approximate surface area is 80.2 Å². The molecule has 5 heteroatoms. The van der Waals surface area contributed by atoms with Crippen LogP contribution in [-0.2, 0) is 12.6 Å². The lowest BCUT2D eigenvalue weighted by Crippen LogP contribution is -2.13. The van der Waals surface area contributed by atoms with Crippen molar-refractivity contribution in [3.8, 4) is 0 Å². The number of pyridine rings is 1. The van der Waals surface area contributed by atoms with E-state index in [2.05, 4.69) is 10.3 Å². The number of rotatable bonds is 3. The fraction of sp³-hybridized carbons (Fsp3) is 0.444. The summed E-state index contributed by atoms with van der Waals surface area (Å²) in [6, 6.07) is 3.94. The molecule has 2 nitrogen and oxygen atoms in total. The van der Waals surface area contributed by atoms with Crippen LogP contribution in [-0.4, -0.2) is 18.6 Å². The summed E-state index contributed by atoms with van der Waals surface area (Å²) in [6.45, 7) is 0.619. The molecule has 0 saturated heterocycles. The van der Waals surface area contributed by atoms with Crippen molar-refractivity contribution in [2.75, 3.05) is 13.6 Å². The summed E-state index contributed by atoms with van der Waals surface area (Å²) in [5.41, 5.74) is -0.375. The van der Waals surface area contributed by atoms with Crippen molar-refractivity contribution in [2.45, 2.75) is 12.6 Å². The molecule has 0 bridgehead atoms. The maximum atomic E-state index is 12.2. The van der Waals surface area contributed by atoms with Crippen LogP contribution in [0.15, 0.2) is 18.2 Å². The van der Waals surface area contributed by atoms with E-state index in [1.165, 1.54) is 6.07 Å². The van der Waals surface area contributed by atoms with Gasteiger partial charge in [0, 0.05) is 18.7 Å². The first-order valence-electron chi connectivity index (χ1n) is 4.22. The summed E-state index contributed by atoms with van der Waals surface area (Å²) in [7, 11) is 1.74. The van der Waals surface area contributed by atoms with Gasteiger partial charge in [0.2, 0.25) is 0 Å². The van der Waals surface area contributed by atoms with Crippen LogP contribution in [0.3, 0.4) is 0 Å². The summed E-state index contributed by atoms with van der Waals surface area (Å²) in [4.78, 5) is 3.52. The van der Waals surface area contributed by atoms with Gasteiger partial charge in [-0.25, -0.2) is 4.98 Å². The van der Waals surface area contributed by atoms with Gasteiger partial charge in [0.05, 0.1) is 0 Å². The first-order valence-corrected chi connectivity index (χ1v) is 4.22. The van der Waals surface area contributed by atoms with E-state index in [-0.39, 0.29) is 0 Å². The largest absolute Gasteiger partial charge is 0.433 e. The molecule has 0 aromatic carbocycles. The quantitative estimate of drug-likeness (QED) is 0.812. The molecule has 0 aliphatic heterocycles. The van der Waals surface area contributed by atoms with E-state index in [1.54, 1.807) is 13.1 Å². The molecule has 0 amide bonds. The number of halogens is 3. The number of nitrogens with one attached hydrogen (secondary N) is 1. The summed E-state index contributed by atoms with van der Waals surface area (Å²) in [5.74, 6) is 0. The third-order valence-corrected chi connectivity index (χ3v) is 1.73. The van der Waals surface area contributed by atoms with E-state index in [9.17, 15) is 13.2 Å². The van der Waals surface area contributed by atoms with E-state index in [4.69, 9.17) is 0 Å². The Kier molecular flexibility index (Phi) is 3.46. The molecule has 0 radical (unpaired) electrons. The van der Waals surface area contributed by atoms with Crippen LogP contribution in [0.1, 0.15) is 11.4 Å². The standard InChI is InChI=1S/C9H11F3N2/c1-13-6-5-7-3-2-4-8(14-7)9(10,11)12/h2-4,13H,5-6H2,1H3. The average Bonchev–Trinajstić information content (AvgIpc) is 2.14. The SMILES string of the molecule is CNCCc1cccc(C(F)(F)F)n1. The van der Waals surface area contributed by atoms with Crippen molar-refractivity contribution in [2.24, 2.45) is 0 Å². The molecule has 1 heterocycles. The van der Waals surface area contributed by atoms with E-state index in [0.717, 1.165) is 6.07 Å². The number of hydrogen-bond donors (Lipinski definition) is 1. The van der Waals surface area contributed by atoms with Gasteiger partial charge in [-0.3, -0.25) is 0 Å². The lowest BCUT2D eigenvalue weighted by Gasteiger charge is -2.07. The minimum absolute atomic E-state index is 0.453. The first kappa shape index (κ1) is 11.0.